The van der Waals surface area contributed by atoms with Gasteiger partial charge in [0.15, 0.2) is 11.5 Å². The van der Waals surface area contributed by atoms with Crippen LogP contribution in [0.15, 0.2) is 59.5 Å². The smallest absolute Gasteiger partial charge is 0.305 e. The molecule has 0 spiro atoms. The molecule has 0 bridgehead atoms. The summed E-state index contributed by atoms with van der Waals surface area (Å²) < 4.78 is 12.3. The van der Waals surface area contributed by atoms with Crippen LogP contribution in [0.4, 0.5) is 0 Å². The van der Waals surface area contributed by atoms with Gasteiger partial charge in [0.25, 0.3) is 5.56 Å². The Bertz CT molecular complexity index is 1360. The van der Waals surface area contributed by atoms with E-state index < -0.39 is 24.0 Å². The number of aliphatic carboxylic acids is 1. The van der Waals surface area contributed by atoms with Crippen LogP contribution in [0, 0.1) is 13.8 Å². The van der Waals surface area contributed by atoms with Gasteiger partial charge in [0.1, 0.15) is 6.04 Å². The molecule has 38 heavy (non-hydrogen) atoms. The first-order chi connectivity index (χ1) is 18.2. The molecule has 0 saturated carbocycles. The number of aryl methyl sites for hydroxylation is 2. The average Bonchev–Trinajstić information content (AvgIpc) is 3.35. The highest BCUT2D eigenvalue weighted by atomic mass is 16.7. The summed E-state index contributed by atoms with van der Waals surface area (Å²) in [4.78, 5) is 39.0. The van der Waals surface area contributed by atoms with Crippen molar-refractivity contribution < 1.29 is 24.2 Å². The number of pyridine rings is 1. The van der Waals surface area contributed by atoms with Crippen molar-refractivity contribution in [2.24, 2.45) is 0 Å². The molecule has 1 aliphatic rings. The third-order valence-corrected chi connectivity index (χ3v) is 6.73. The molecule has 2 N–H and O–H groups in total. The van der Waals surface area contributed by atoms with Crippen LogP contribution in [-0.2, 0) is 16.0 Å². The van der Waals surface area contributed by atoms with Crippen LogP contribution >= 0.6 is 0 Å². The molecule has 1 aliphatic heterocycles. The van der Waals surface area contributed by atoms with Crippen molar-refractivity contribution in [2.75, 3.05) is 6.79 Å². The van der Waals surface area contributed by atoms with Gasteiger partial charge in [-0.1, -0.05) is 55.7 Å². The van der Waals surface area contributed by atoms with E-state index in [1.54, 1.807) is 24.4 Å². The van der Waals surface area contributed by atoms with E-state index in [1.807, 2.05) is 51.1 Å². The van der Waals surface area contributed by atoms with Gasteiger partial charge < -0.3 is 24.5 Å². The zero-order chi connectivity index (χ0) is 27.2. The van der Waals surface area contributed by atoms with Crippen LogP contribution in [0.2, 0.25) is 0 Å². The average molecular weight is 519 g/mol. The molecule has 1 amide bonds. The van der Waals surface area contributed by atoms with E-state index in [1.165, 1.54) is 4.57 Å². The summed E-state index contributed by atoms with van der Waals surface area (Å²) in [5, 5.41) is 12.5. The minimum absolute atomic E-state index is 0.0923. The van der Waals surface area contributed by atoms with E-state index in [-0.39, 0.29) is 18.8 Å². The quantitative estimate of drug-likeness (QED) is 0.376. The van der Waals surface area contributed by atoms with Gasteiger partial charge in [-0.25, -0.2) is 0 Å². The summed E-state index contributed by atoms with van der Waals surface area (Å²) in [6.45, 7) is 6.04. The molecule has 0 unspecified atom stereocenters. The number of aromatic nitrogens is 1. The van der Waals surface area contributed by atoms with Crippen LogP contribution < -0.4 is 20.3 Å². The van der Waals surface area contributed by atoms with Crippen molar-refractivity contribution in [3.63, 3.8) is 0 Å². The maximum Gasteiger partial charge on any atom is 0.305 e. The summed E-state index contributed by atoms with van der Waals surface area (Å²) >= 11 is 0. The molecule has 2 atom stereocenters. The molecule has 0 aliphatic carbocycles. The Labute approximate surface area is 222 Å². The predicted molar refractivity (Wildman–Crippen MR) is 144 cm³/mol. The third kappa shape index (κ3) is 6.43. The number of hydrogen-bond acceptors (Lipinski definition) is 5. The molecule has 8 heteroatoms. The van der Waals surface area contributed by atoms with Crippen LogP contribution in [0.3, 0.4) is 0 Å². The molecule has 2 heterocycles. The molecule has 0 radical (unpaired) electrons. The van der Waals surface area contributed by atoms with Crippen LogP contribution in [0.25, 0.3) is 0 Å². The largest absolute Gasteiger partial charge is 0.481 e. The minimum Gasteiger partial charge on any atom is -0.481 e. The highest BCUT2D eigenvalue weighted by molar-refractivity contribution is 5.81. The molecule has 4 rings (SSSR count). The fourth-order valence-electron chi connectivity index (χ4n) is 4.72. The zero-order valence-electron chi connectivity index (χ0n) is 22.0. The number of fused-ring (bicyclic) bond motifs is 1. The molecule has 1 aromatic heterocycles. The molecular weight excluding hydrogens is 484 g/mol. The minimum atomic E-state index is -1.05. The zero-order valence-corrected chi connectivity index (χ0v) is 22.0. The van der Waals surface area contributed by atoms with Gasteiger partial charge in [-0.2, -0.15) is 0 Å². The predicted octanol–water partition coefficient (Wildman–Crippen LogP) is 4.85. The monoisotopic (exact) mass is 518 g/mol. The maximum absolute atomic E-state index is 13.7. The molecule has 3 aromatic rings. The normalized spacial score (nSPS) is 13.7. The lowest BCUT2D eigenvalue weighted by Crippen LogP contribution is -2.40. The van der Waals surface area contributed by atoms with Crippen molar-refractivity contribution in [3.8, 4) is 11.5 Å². The number of ether oxygens (including phenoxy) is 2. The Kier molecular flexibility index (Phi) is 8.51. The van der Waals surface area contributed by atoms with Gasteiger partial charge in [0, 0.05) is 18.2 Å². The number of nitrogens with zero attached hydrogens (tertiary/aromatic N) is 1. The van der Waals surface area contributed by atoms with Crippen LogP contribution in [0.1, 0.15) is 72.5 Å². The Hall–Kier alpha value is -4.07. The van der Waals surface area contributed by atoms with Crippen molar-refractivity contribution in [3.05, 3.63) is 92.9 Å². The van der Waals surface area contributed by atoms with E-state index in [0.29, 0.717) is 35.5 Å². The van der Waals surface area contributed by atoms with Gasteiger partial charge in [-0.05, 0) is 55.2 Å². The van der Waals surface area contributed by atoms with Crippen molar-refractivity contribution >= 4 is 11.9 Å². The lowest BCUT2D eigenvalue weighted by Gasteiger charge is -2.25. The Morgan fingerprint density at radius 1 is 1.03 bits per heavy atom. The number of hydrogen-bond donors (Lipinski definition) is 2. The van der Waals surface area contributed by atoms with E-state index in [0.717, 1.165) is 29.5 Å². The van der Waals surface area contributed by atoms with Crippen molar-refractivity contribution in [1.82, 2.24) is 9.88 Å². The molecular formula is C30H34N2O6. The number of carboxylic acid groups (broad SMARTS) is 1. The molecule has 0 saturated heterocycles. The fraction of sp³-hybridized carbons (Fsp3) is 0.367. The Balaban J connectivity index is 1.65. The number of carbonyl (C=O) groups excluding carboxylic acids is 1. The highest BCUT2D eigenvalue weighted by Gasteiger charge is 2.27. The van der Waals surface area contributed by atoms with Gasteiger partial charge >= 0.3 is 5.97 Å². The number of unbranched alkanes of at least 4 members (excludes halogenated alkanes) is 1. The number of carboxylic acids is 1. The summed E-state index contributed by atoms with van der Waals surface area (Å²) in [6.07, 6.45) is 3.90. The Morgan fingerprint density at radius 2 is 1.76 bits per heavy atom. The second-order valence-electron chi connectivity index (χ2n) is 9.85. The molecule has 2 aromatic carbocycles. The maximum atomic E-state index is 13.7. The topological polar surface area (TPSA) is 107 Å². The molecule has 200 valence electrons. The second kappa shape index (κ2) is 12.0. The standard InChI is InChI=1S/C30H34N2O6/c1-4-5-6-25(32-17-20(3)13-23(30(32)36)14-21-9-7-19(2)8-10-21)29(35)31-24(16-28(33)34)22-11-12-26-27(15-22)38-18-37-26/h7-13,15,17,24-25H,4-6,14,16,18H2,1-3H3,(H,31,35)(H,33,34)/t24-,25-/m0/s1. The van der Waals surface area contributed by atoms with E-state index in [4.69, 9.17) is 9.47 Å². The Morgan fingerprint density at radius 3 is 2.47 bits per heavy atom. The highest BCUT2D eigenvalue weighted by Crippen LogP contribution is 2.35. The summed E-state index contributed by atoms with van der Waals surface area (Å²) in [7, 11) is 0. The van der Waals surface area contributed by atoms with Gasteiger partial charge in [-0.15, -0.1) is 0 Å². The lowest BCUT2D eigenvalue weighted by atomic mass is 10.0. The molecule has 8 nitrogen and oxygen atoms in total. The summed E-state index contributed by atoms with van der Waals surface area (Å²) in [5.74, 6) is -0.366. The van der Waals surface area contributed by atoms with Crippen molar-refractivity contribution in [1.29, 1.82) is 0 Å². The van der Waals surface area contributed by atoms with Gasteiger partial charge in [-0.3, -0.25) is 14.4 Å². The van der Waals surface area contributed by atoms with Gasteiger partial charge in [0.2, 0.25) is 12.7 Å². The van der Waals surface area contributed by atoms with E-state index in [2.05, 4.69) is 5.32 Å². The summed E-state index contributed by atoms with van der Waals surface area (Å²) in [5.41, 5.74) is 4.02. The SMILES string of the molecule is CCCC[C@@H](C(=O)N[C@@H](CC(=O)O)c1ccc2c(c1)OCO2)n1cc(C)cc(Cc2ccc(C)cc2)c1=O. The van der Waals surface area contributed by atoms with Crippen molar-refractivity contribution in [2.45, 2.75) is 65.0 Å². The number of benzene rings is 2. The first-order valence-corrected chi connectivity index (χ1v) is 12.9. The number of carbonyl (C=O) groups is 2. The lowest BCUT2D eigenvalue weighted by molar-refractivity contribution is -0.138. The molecule has 0 fully saturated rings. The second-order valence-corrected chi connectivity index (χ2v) is 9.85. The number of nitrogens with one attached hydrogen (secondary N) is 1. The van der Waals surface area contributed by atoms with E-state index in [9.17, 15) is 19.5 Å². The fourth-order valence-corrected chi connectivity index (χ4v) is 4.72. The summed E-state index contributed by atoms with van der Waals surface area (Å²) in [6, 6.07) is 13.4. The van der Waals surface area contributed by atoms with Gasteiger partial charge in [0.05, 0.1) is 12.5 Å². The number of amides is 1. The van der Waals surface area contributed by atoms with Crippen LogP contribution in [0.5, 0.6) is 11.5 Å². The van der Waals surface area contributed by atoms with E-state index >= 15 is 0 Å². The first-order valence-electron chi connectivity index (χ1n) is 12.9. The number of rotatable bonds is 11. The third-order valence-electron chi connectivity index (χ3n) is 6.73. The van der Waals surface area contributed by atoms with Crippen LogP contribution in [-0.4, -0.2) is 28.3 Å². The first kappa shape index (κ1) is 27.0.